The minimum Gasteiger partial charge on any atom is -0.356 e. The highest BCUT2D eigenvalue weighted by molar-refractivity contribution is 5.96. The van der Waals surface area contributed by atoms with Crippen LogP contribution in [-0.4, -0.2) is 64.5 Å². The second-order valence-electron chi connectivity index (χ2n) is 19.2. The molecule has 3 amide bonds. The number of aromatic nitrogens is 6. The molecule has 18 nitrogen and oxygen atoms in total. The van der Waals surface area contributed by atoms with Crippen LogP contribution in [0.15, 0.2) is 201 Å². The van der Waals surface area contributed by atoms with Crippen LogP contribution in [0.2, 0.25) is 0 Å². The smallest absolute Gasteiger partial charge is 0.241 e. The molecule has 0 aliphatic heterocycles. The molecule has 9 rings (SSSR count). The van der Waals surface area contributed by atoms with E-state index in [2.05, 4.69) is 30.9 Å². The molecule has 0 radical (unpaired) electrons. The van der Waals surface area contributed by atoms with Crippen LogP contribution in [-0.2, 0) is 87.9 Å². The molecule has 18 heteroatoms. The average molecular weight is 1060 g/mol. The van der Waals surface area contributed by atoms with E-state index in [0.29, 0.717) is 74.2 Å². The monoisotopic (exact) mass is 1060 g/mol. The standard InChI is InChI=1S/C61H64N12O6/c62-55(28-52-31-71(37-65-52)40-77-34-43-10-4-1-5-11-43)59(74)68-49-22-16-46(17-23-49)58(47-18-24-50(25-19-47)69-60(75)56(63)29-53-32-72(38-66-53)41-78-35-44-12-6-2-7-13-44)48-20-26-51(27-21-48)70-61(76)57(64)30-54-33-73(39-67-54)42-79-36-45-14-8-3-9-15-45/h1-27,31-33,37-39,55-58H,28-30,34-36,40-42,62-64H2,(H,68,74)(H,69,75)(H,70,76)/t55-,56-,57-/m0/s1. The van der Waals surface area contributed by atoms with Crippen molar-refractivity contribution in [3.8, 4) is 0 Å². The first-order chi connectivity index (χ1) is 38.6. The summed E-state index contributed by atoms with van der Waals surface area (Å²) in [5.41, 5.74) is 28.8. The van der Waals surface area contributed by atoms with E-state index in [-0.39, 0.29) is 42.9 Å². The summed E-state index contributed by atoms with van der Waals surface area (Å²) in [5.74, 6) is -1.37. The highest BCUT2D eigenvalue weighted by atomic mass is 16.5. The van der Waals surface area contributed by atoms with Crippen LogP contribution in [0.25, 0.3) is 0 Å². The Bertz CT molecular complexity index is 2980. The Hall–Kier alpha value is -8.88. The van der Waals surface area contributed by atoms with Gasteiger partial charge in [0, 0.05) is 60.8 Å². The molecule has 9 N–H and O–H groups in total. The van der Waals surface area contributed by atoms with Gasteiger partial charge in [-0.1, -0.05) is 127 Å². The highest BCUT2D eigenvalue weighted by Gasteiger charge is 2.22. The summed E-state index contributed by atoms with van der Waals surface area (Å²) in [6.07, 6.45) is 11.2. The van der Waals surface area contributed by atoms with E-state index in [0.717, 1.165) is 33.4 Å². The van der Waals surface area contributed by atoms with E-state index in [1.807, 2.05) is 196 Å². The van der Waals surface area contributed by atoms with Crippen LogP contribution in [0.5, 0.6) is 0 Å². The summed E-state index contributed by atoms with van der Waals surface area (Å²) in [4.78, 5) is 53.4. The third kappa shape index (κ3) is 16.3. The first kappa shape index (κ1) is 54.9. The average Bonchev–Trinajstić information content (AvgIpc) is 4.29. The minimum atomic E-state index is -0.855. The maximum atomic E-state index is 13.4. The van der Waals surface area contributed by atoms with E-state index in [9.17, 15) is 14.4 Å². The highest BCUT2D eigenvalue weighted by Crippen LogP contribution is 2.34. The molecule has 0 saturated carbocycles. The molecule has 0 bridgehead atoms. The third-order valence-corrected chi connectivity index (χ3v) is 12.9. The van der Waals surface area contributed by atoms with Gasteiger partial charge < -0.3 is 61.1 Å². The molecule has 3 atom stereocenters. The number of imidazole rings is 3. The molecule has 404 valence electrons. The van der Waals surface area contributed by atoms with Gasteiger partial charge in [0.25, 0.3) is 0 Å². The van der Waals surface area contributed by atoms with Crippen molar-refractivity contribution in [1.82, 2.24) is 28.7 Å². The zero-order valence-corrected chi connectivity index (χ0v) is 43.6. The van der Waals surface area contributed by atoms with Gasteiger partial charge in [0.15, 0.2) is 0 Å². The fraction of sp³-hybridized carbons (Fsp3) is 0.213. The molecular weight excluding hydrogens is 997 g/mol. The Morgan fingerprint density at radius 1 is 0.392 bits per heavy atom. The molecule has 3 heterocycles. The maximum absolute atomic E-state index is 13.4. The lowest BCUT2D eigenvalue weighted by Crippen LogP contribution is -2.37. The number of nitrogens with two attached hydrogens (primary N) is 3. The summed E-state index contributed by atoms with van der Waals surface area (Å²) in [7, 11) is 0. The molecule has 0 fully saturated rings. The van der Waals surface area contributed by atoms with Crippen LogP contribution in [0.3, 0.4) is 0 Å². The largest absolute Gasteiger partial charge is 0.356 e. The molecular formula is C61H64N12O6. The van der Waals surface area contributed by atoms with E-state index >= 15 is 0 Å². The van der Waals surface area contributed by atoms with E-state index in [4.69, 9.17) is 31.4 Å². The molecule has 79 heavy (non-hydrogen) atoms. The zero-order chi connectivity index (χ0) is 54.8. The number of nitrogens with zero attached hydrogens (tertiary/aromatic N) is 6. The van der Waals surface area contributed by atoms with Gasteiger partial charge in [0.2, 0.25) is 17.7 Å². The predicted octanol–water partition coefficient (Wildman–Crippen LogP) is 7.50. The molecule has 0 saturated heterocycles. The van der Waals surface area contributed by atoms with Crippen LogP contribution >= 0.6 is 0 Å². The molecule has 3 aromatic heterocycles. The Labute approximate surface area is 458 Å². The quantitative estimate of drug-likeness (QED) is 0.0274. The Morgan fingerprint density at radius 2 is 0.658 bits per heavy atom. The van der Waals surface area contributed by atoms with Crippen molar-refractivity contribution in [1.29, 1.82) is 0 Å². The number of amides is 3. The first-order valence-electron chi connectivity index (χ1n) is 25.9. The fourth-order valence-corrected chi connectivity index (χ4v) is 8.79. The third-order valence-electron chi connectivity index (χ3n) is 12.9. The van der Waals surface area contributed by atoms with Crippen LogP contribution < -0.4 is 33.2 Å². The summed E-state index contributed by atoms with van der Waals surface area (Å²) in [6, 6.07) is 49.8. The molecule has 0 spiro atoms. The number of hydrogen-bond acceptors (Lipinski definition) is 12. The zero-order valence-electron chi connectivity index (χ0n) is 43.6. The number of benzene rings is 6. The van der Waals surface area contributed by atoms with Crippen molar-refractivity contribution < 1.29 is 28.6 Å². The number of hydrogen-bond donors (Lipinski definition) is 6. The molecule has 0 unspecified atom stereocenters. The lowest BCUT2D eigenvalue weighted by Gasteiger charge is -2.21. The van der Waals surface area contributed by atoms with Gasteiger partial charge in [-0.3, -0.25) is 14.4 Å². The van der Waals surface area contributed by atoms with E-state index in [1.54, 1.807) is 19.0 Å². The Kier molecular flexibility index (Phi) is 19.1. The predicted molar refractivity (Wildman–Crippen MR) is 302 cm³/mol. The van der Waals surface area contributed by atoms with Crippen molar-refractivity contribution in [2.45, 2.75) is 83.3 Å². The van der Waals surface area contributed by atoms with Gasteiger partial charge >= 0.3 is 0 Å². The topological polar surface area (TPSA) is 247 Å². The lowest BCUT2D eigenvalue weighted by atomic mass is 9.85. The number of carbonyl (C=O) groups is 3. The lowest BCUT2D eigenvalue weighted by molar-refractivity contribution is -0.118. The van der Waals surface area contributed by atoms with Gasteiger partial charge in [-0.25, -0.2) is 15.0 Å². The Balaban J connectivity index is 0.824. The van der Waals surface area contributed by atoms with Crippen molar-refractivity contribution in [2.75, 3.05) is 16.0 Å². The Morgan fingerprint density at radius 3 is 0.924 bits per heavy atom. The second-order valence-corrected chi connectivity index (χ2v) is 19.2. The van der Waals surface area contributed by atoms with Gasteiger partial charge in [0.1, 0.15) is 20.2 Å². The summed E-state index contributed by atoms with van der Waals surface area (Å²) >= 11 is 0. The summed E-state index contributed by atoms with van der Waals surface area (Å²) < 4.78 is 22.9. The molecule has 0 aliphatic rings. The minimum absolute atomic E-state index is 0.233. The van der Waals surface area contributed by atoms with Crippen LogP contribution in [0.4, 0.5) is 17.1 Å². The second kappa shape index (κ2) is 27.4. The van der Waals surface area contributed by atoms with E-state index < -0.39 is 18.1 Å². The molecule has 0 aliphatic carbocycles. The van der Waals surface area contributed by atoms with Crippen LogP contribution in [0.1, 0.15) is 56.4 Å². The maximum Gasteiger partial charge on any atom is 0.241 e. The van der Waals surface area contributed by atoms with Crippen molar-refractivity contribution in [3.05, 3.63) is 252 Å². The van der Waals surface area contributed by atoms with Crippen molar-refractivity contribution in [3.63, 3.8) is 0 Å². The molecule has 9 aromatic rings. The summed E-state index contributed by atoms with van der Waals surface area (Å²) in [6.45, 7) is 2.33. The number of carbonyl (C=O) groups excluding carboxylic acids is 3. The molecule has 6 aromatic carbocycles. The number of rotatable bonds is 27. The number of nitrogens with one attached hydrogen (secondary N) is 3. The fourth-order valence-electron chi connectivity index (χ4n) is 8.79. The normalized spacial score (nSPS) is 12.5. The van der Waals surface area contributed by atoms with Crippen molar-refractivity contribution in [2.24, 2.45) is 17.2 Å². The van der Waals surface area contributed by atoms with Crippen molar-refractivity contribution >= 4 is 34.8 Å². The summed E-state index contributed by atoms with van der Waals surface area (Å²) in [5, 5.41) is 8.85. The number of ether oxygens (including phenoxy) is 3. The first-order valence-corrected chi connectivity index (χ1v) is 25.9. The van der Waals surface area contributed by atoms with Gasteiger partial charge in [-0.05, 0) is 69.8 Å². The van der Waals surface area contributed by atoms with Gasteiger partial charge in [0.05, 0.1) is 74.0 Å². The van der Waals surface area contributed by atoms with Gasteiger partial charge in [-0.2, -0.15) is 0 Å². The van der Waals surface area contributed by atoms with Gasteiger partial charge in [-0.15, -0.1) is 0 Å². The SMILES string of the molecule is N[C@@H](Cc1cn(COCc2ccccc2)cn1)C(=O)Nc1ccc(C(c2ccc(NC(=O)[C@@H](N)Cc3cn(COCc4ccccc4)cn3)cc2)c2ccc(NC(=O)[C@@H](N)Cc3cn(COCc4ccccc4)cn3)cc2)cc1. The van der Waals surface area contributed by atoms with Crippen LogP contribution in [0, 0.1) is 0 Å². The number of anilines is 3. The van der Waals surface area contributed by atoms with E-state index in [1.165, 1.54) is 0 Å².